The molecule has 0 radical (unpaired) electrons. The van der Waals surface area contributed by atoms with E-state index in [1.54, 1.807) is 11.8 Å². The maximum absolute atomic E-state index is 4.61. The third kappa shape index (κ3) is 3.46. The molecule has 2 nitrogen and oxygen atoms in total. The van der Waals surface area contributed by atoms with E-state index >= 15 is 0 Å². The van der Waals surface area contributed by atoms with Crippen molar-refractivity contribution in [2.75, 3.05) is 0 Å². The van der Waals surface area contributed by atoms with Crippen molar-refractivity contribution in [2.24, 2.45) is 0 Å². The Labute approximate surface area is 145 Å². The lowest BCUT2D eigenvalue weighted by atomic mass is 10.1. The molecule has 114 valence electrons. The molecule has 0 amide bonds. The minimum absolute atomic E-state index is 0. The number of hydrogen-bond acceptors (Lipinski definition) is 3. The van der Waals surface area contributed by atoms with Gasteiger partial charge in [0.1, 0.15) is 0 Å². The number of rotatable bonds is 3. The normalized spacial score (nSPS) is 10.6. The maximum Gasteiger partial charge on any atom is 0.0963 e. The van der Waals surface area contributed by atoms with Crippen LogP contribution in [0.2, 0.25) is 0 Å². The lowest BCUT2D eigenvalue weighted by Crippen LogP contribution is -1.87. The Morgan fingerprint density at radius 2 is 1.57 bits per heavy atom. The Morgan fingerprint density at radius 1 is 0.783 bits per heavy atom. The van der Waals surface area contributed by atoms with Crippen molar-refractivity contribution in [3.63, 3.8) is 0 Å². The lowest BCUT2D eigenvalue weighted by Gasteiger charge is -2.05. The monoisotopic (exact) mass is 338 g/mol. The molecule has 0 unspecified atom stereocenters. The molecule has 0 bridgehead atoms. The van der Waals surface area contributed by atoms with Crippen molar-refractivity contribution in [1.29, 1.82) is 0 Å². The maximum atomic E-state index is 4.61. The van der Waals surface area contributed by atoms with E-state index in [9.17, 15) is 0 Å². The van der Waals surface area contributed by atoms with Crippen LogP contribution in [0.25, 0.3) is 21.7 Å². The van der Waals surface area contributed by atoms with Crippen LogP contribution in [0.15, 0.2) is 78.1 Å². The summed E-state index contributed by atoms with van der Waals surface area (Å²) in [4.78, 5) is 8.95. The SMILES string of the molecule is Cl.c1ccc(SCc2cnc3cc4ccccc4cc3c2)nc1. The van der Waals surface area contributed by atoms with Gasteiger partial charge >= 0.3 is 0 Å². The van der Waals surface area contributed by atoms with Gasteiger partial charge in [-0.25, -0.2) is 4.98 Å². The van der Waals surface area contributed by atoms with Crippen molar-refractivity contribution >= 4 is 45.8 Å². The van der Waals surface area contributed by atoms with Crippen molar-refractivity contribution in [3.8, 4) is 0 Å². The van der Waals surface area contributed by atoms with Crippen LogP contribution in [0.1, 0.15) is 5.56 Å². The van der Waals surface area contributed by atoms with Gasteiger partial charge in [-0.2, -0.15) is 0 Å². The van der Waals surface area contributed by atoms with E-state index in [0.717, 1.165) is 16.3 Å². The molecule has 2 heterocycles. The van der Waals surface area contributed by atoms with E-state index in [2.05, 4.69) is 52.4 Å². The number of nitrogens with zero attached hydrogens (tertiary/aromatic N) is 2. The molecule has 0 saturated heterocycles. The average Bonchev–Trinajstić information content (AvgIpc) is 2.59. The highest BCUT2D eigenvalue weighted by Crippen LogP contribution is 2.25. The molecule has 0 spiro atoms. The summed E-state index contributed by atoms with van der Waals surface area (Å²) in [6.07, 6.45) is 3.79. The molecule has 2 aromatic carbocycles. The molecule has 0 atom stereocenters. The van der Waals surface area contributed by atoms with Gasteiger partial charge in [0.25, 0.3) is 0 Å². The zero-order chi connectivity index (χ0) is 14.8. The largest absolute Gasteiger partial charge is 0.256 e. The fraction of sp³-hybridized carbons (Fsp3) is 0.0526. The third-order valence-electron chi connectivity index (χ3n) is 3.63. The van der Waals surface area contributed by atoms with Crippen LogP contribution >= 0.6 is 24.2 Å². The van der Waals surface area contributed by atoms with Gasteiger partial charge in [0.15, 0.2) is 0 Å². The number of benzene rings is 2. The minimum Gasteiger partial charge on any atom is -0.256 e. The van der Waals surface area contributed by atoms with Crippen LogP contribution in [0.5, 0.6) is 0 Å². The minimum atomic E-state index is 0. The molecule has 23 heavy (non-hydrogen) atoms. The van der Waals surface area contributed by atoms with Crippen LogP contribution in [0, 0.1) is 0 Å². The van der Waals surface area contributed by atoms with E-state index in [1.165, 1.54) is 21.7 Å². The Balaban J connectivity index is 0.00000156. The first-order valence-electron chi connectivity index (χ1n) is 7.20. The number of halogens is 1. The van der Waals surface area contributed by atoms with Crippen molar-refractivity contribution in [1.82, 2.24) is 9.97 Å². The van der Waals surface area contributed by atoms with Gasteiger partial charge < -0.3 is 0 Å². The first kappa shape index (κ1) is 15.8. The number of aromatic nitrogens is 2. The van der Waals surface area contributed by atoms with Crippen LogP contribution in [0.4, 0.5) is 0 Å². The van der Waals surface area contributed by atoms with Gasteiger partial charge in [-0.05, 0) is 46.7 Å². The van der Waals surface area contributed by atoms with E-state index in [4.69, 9.17) is 0 Å². The van der Waals surface area contributed by atoms with Crippen LogP contribution in [-0.2, 0) is 5.75 Å². The molecule has 4 rings (SSSR count). The predicted octanol–water partition coefficient (Wildman–Crippen LogP) is 5.50. The lowest BCUT2D eigenvalue weighted by molar-refractivity contribution is 1.13. The number of pyridine rings is 2. The fourth-order valence-electron chi connectivity index (χ4n) is 2.53. The first-order valence-corrected chi connectivity index (χ1v) is 8.18. The second-order valence-corrected chi connectivity index (χ2v) is 6.19. The molecule has 0 aliphatic carbocycles. The molecule has 4 aromatic rings. The van der Waals surface area contributed by atoms with Gasteiger partial charge in [-0.1, -0.05) is 30.3 Å². The highest BCUT2D eigenvalue weighted by Gasteiger charge is 2.02. The van der Waals surface area contributed by atoms with Gasteiger partial charge in [0, 0.05) is 23.5 Å². The summed E-state index contributed by atoms with van der Waals surface area (Å²) >= 11 is 1.73. The highest BCUT2D eigenvalue weighted by molar-refractivity contribution is 7.98. The molecule has 0 fully saturated rings. The van der Waals surface area contributed by atoms with Crippen molar-refractivity contribution in [2.45, 2.75) is 10.8 Å². The number of thioether (sulfide) groups is 1. The Hall–Kier alpha value is -2.10. The second kappa shape index (κ2) is 6.99. The van der Waals surface area contributed by atoms with Crippen LogP contribution < -0.4 is 0 Å². The average molecular weight is 339 g/mol. The Morgan fingerprint density at radius 3 is 2.35 bits per heavy atom. The van der Waals surface area contributed by atoms with E-state index in [-0.39, 0.29) is 12.4 Å². The summed E-state index contributed by atoms with van der Waals surface area (Å²) in [5.41, 5.74) is 2.27. The van der Waals surface area contributed by atoms with E-state index < -0.39 is 0 Å². The summed E-state index contributed by atoms with van der Waals surface area (Å²) < 4.78 is 0. The third-order valence-corrected chi connectivity index (χ3v) is 4.64. The van der Waals surface area contributed by atoms with Gasteiger partial charge in [0.2, 0.25) is 0 Å². The molecule has 2 aromatic heterocycles. The summed E-state index contributed by atoms with van der Waals surface area (Å²) in [5.74, 6) is 0.882. The molecule has 0 N–H and O–H groups in total. The van der Waals surface area contributed by atoms with Gasteiger partial charge in [0.05, 0.1) is 10.5 Å². The summed E-state index contributed by atoms with van der Waals surface area (Å²) in [5, 5.41) is 4.73. The van der Waals surface area contributed by atoms with E-state index in [0.29, 0.717) is 0 Å². The summed E-state index contributed by atoms with van der Waals surface area (Å²) in [6, 6.07) is 21.0. The topological polar surface area (TPSA) is 25.8 Å². The van der Waals surface area contributed by atoms with Crippen LogP contribution in [0.3, 0.4) is 0 Å². The number of hydrogen-bond donors (Lipinski definition) is 0. The Kier molecular flexibility index (Phi) is 4.79. The smallest absolute Gasteiger partial charge is 0.0963 e. The zero-order valence-electron chi connectivity index (χ0n) is 12.3. The first-order chi connectivity index (χ1) is 10.9. The zero-order valence-corrected chi connectivity index (χ0v) is 14.0. The Bertz CT molecular complexity index is 941. The fourth-order valence-corrected chi connectivity index (χ4v) is 3.31. The van der Waals surface area contributed by atoms with Gasteiger partial charge in [-0.15, -0.1) is 24.2 Å². The van der Waals surface area contributed by atoms with Gasteiger partial charge in [-0.3, -0.25) is 4.98 Å². The highest BCUT2D eigenvalue weighted by atomic mass is 35.5. The summed E-state index contributed by atoms with van der Waals surface area (Å²) in [6.45, 7) is 0. The van der Waals surface area contributed by atoms with Crippen molar-refractivity contribution < 1.29 is 0 Å². The second-order valence-electron chi connectivity index (χ2n) is 5.19. The molecule has 0 saturated carbocycles. The summed E-state index contributed by atoms with van der Waals surface area (Å²) in [7, 11) is 0. The quantitative estimate of drug-likeness (QED) is 0.364. The molecule has 4 heteroatoms. The van der Waals surface area contributed by atoms with Crippen molar-refractivity contribution in [3.05, 3.63) is 78.6 Å². The predicted molar refractivity (Wildman–Crippen MR) is 100 cm³/mol. The molecular formula is C19H15ClN2S. The molecular weight excluding hydrogens is 324 g/mol. The molecule has 0 aliphatic rings. The number of fused-ring (bicyclic) bond motifs is 2. The van der Waals surface area contributed by atoms with E-state index in [1.807, 2.05) is 30.6 Å². The standard InChI is InChI=1S/C19H14N2S.ClH/c1-2-6-16-11-18-17(10-15(16)5-1)9-14(12-21-18)13-22-19-7-3-4-8-20-19;/h1-12H,13H2;1H. The van der Waals surface area contributed by atoms with Crippen LogP contribution in [-0.4, -0.2) is 9.97 Å². The molecule has 0 aliphatic heterocycles.